The van der Waals surface area contributed by atoms with Crippen LogP contribution >= 0.6 is 0 Å². The molecule has 1 aromatic carbocycles. The van der Waals surface area contributed by atoms with E-state index in [2.05, 4.69) is 10.3 Å². The van der Waals surface area contributed by atoms with Crippen molar-refractivity contribution in [2.45, 2.75) is 30.6 Å². The first-order valence-corrected chi connectivity index (χ1v) is 7.10. The highest BCUT2D eigenvalue weighted by molar-refractivity contribution is 5.58. The molecule has 0 amide bonds. The molecule has 0 spiro atoms. The Labute approximate surface area is 134 Å². The summed E-state index contributed by atoms with van der Waals surface area (Å²) >= 11 is 0. The summed E-state index contributed by atoms with van der Waals surface area (Å²) in [6.45, 7) is -0.588. The van der Waals surface area contributed by atoms with Crippen molar-refractivity contribution in [1.82, 2.24) is 15.0 Å². The van der Waals surface area contributed by atoms with Gasteiger partial charge in [-0.25, -0.2) is 13.5 Å². The second-order valence-corrected chi connectivity index (χ2v) is 5.43. The number of ether oxygens (including phenoxy) is 1. The van der Waals surface area contributed by atoms with Gasteiger partial charge in [-0.1, -0.05) is 5.21 Å². The van der Waals surface area contributed by atoms with Crippen molar-refractivity contribution in [3.63, 3.8) is 0 Å². The molecule has 2 heterocycles. The van der Waals surface area contributed by atoms with E-state index >= 15 is 0 Å². The zero-order valence-corrected chi connectivity index (χ0v) is 12.2. The number of rotatable bonds is 3. The molecule has 3 rings (SSSR count). The first-order valence-electron chi connectivity index (χ1n) is 7.10. The maximum Gasteiger partial charge on any atom is 0.180 e. The van der Waals surface area contributed by atoms with Crippen LogP contribution in [0.15, 0.2) is 24.4 Å². The fraction of sp³-hybridized carbons (Fsp3) is 0.429. The summed E-state index contributed by atoms with van der Waals surface area (Å²) < 4.78 is 33.1. The molecule has 24 heavy (non-hydrogen) atoms. The average molecular weight is 343 g/mol. The molecule has 1 aliphatic heterocycles. The molecule has 8 nitrogen and oxygen atoms in total. The lowest BCUT2D eigenvalue weighted by Crippen LogP contribution is -2.56. The van der Waals surface area contributed by atoms with Gasteiger partial charge in [-0.2, -0.15) is 0 Å². The molecule has 1 aliphatic rings. The van der Waals surface area contributed by atoms with Crippen LogP contribution in [-0.4, -0.2) is 66.4 Å². The summed E-state index contributed by atoms with van der Waals surface area (Å²) in [5, 5.41) is 46.1. The Morgan fingerprint density at radius 1 is 1.12 bits per heavy atom. The molecule has 0 saturated carbocycles. The predicted molar refractivity (Wildman–Crippen MR) is 74.4 cm³/mol. The quantitative estimate of drug-likeness (QED) is 0.575. The summed E-state index contributed by atoms with van der Waals surface area (Å²) in [7, 11) is 0. The van der Waals surface area contributed by atoms with E-state index in [1.807, 2.05) is 0 Å². The molecule has 0 bridgehead atoms. The van der Waals surface area contributed by atoms with E-state index in [1.54, 1.807) is 0 Å². The minimum Gasteiger partial charge on any atom is -0.394 e. The van der Waals surface area contributed by atoms with E-state index < -0.39 is 48.9 Å². The largest absolute Gasteiger partial charge is 0.394 e. The topological polar surface area (TPSA) is 121 Å². The highest BCUT2D eigenvalue weighted by Crippen LogP contribution is 2.29. The van der Waals surface area contributed by atoms with Crippen LogP contribution < -0.4 is 0 Å². The zero-order chi connectivity index (χ0) is 17.4. The fourth-order valence-corrected chi connectivity index (χ4v) is 2.52. The number of benzene rings is 1. The highest BCUT2D eigenvalue weighted by Gasteiger charge is 2.44. The number of aliphatic hydroxyl groups is 4. The molecule has 1 saturated heterocycles. The Kier molecular flexibility index (Phi) is 4.56. The standard InChI is InChI=1S/C14H15F2N3O5/c15-6-1-2-7(8(16)3-6)9-4-19(18-17-9)14-13(23)12(22)11(21)10(5-20)24-14/h1-4,10-14,20-23H,5H2/t10-,11-,12+,13-,14?/m1/s1. The smallest absolute Gasteiger partial charge is 0.180 e. The SMILES string of the molecule is OC[C@H]1OC(n2cc(-c3ccc(F)cc3F)nn2)[C@H](O)[C@@H](O)[C@@H]1O. The van der Waals surface area contributed by atoms with Gasteiger partial charge in [0, 0.05) is 11.6 Å². The van der Waals surface area contributed by atoms with Crippen LogP contribution in [-0.2, 0) is 4.74 Å². The molecule has 4 N–H and O–H groups in total. The van der Waals surface area contributed by atoms with E-state index in [0.29, 0.717) is 6.07 Å². The Balaban J connectivity index is 1.89. The van der Waals surface area contributed by atoms with Gasteiger partial charge in [0.1, 0.15) is 41.7 Å². The molecule has 10 heteroatoms. The number of halogens is 2. The van der Waals surface area contributed by atoms with Crippen LogP contribution in [0.25, 0.3) is 11.3 Å². The van der Waals surface area contributed by atoms with Gasteiger partial charge < -0.3 is 25.2 Å². The van der Waals surface area contributed by atoms with Gasteiger partial charge in [-0.3, -0.25) is 0 Å². The van der Waals surface area contributed by atoms with E-state index in [0.717, 1.165) is 10.7 Å². The van der Waals surface area contributed by atoms with Gasteiger partial charge in [-0.05, 0) is 12.1 Å². The average Bonchev–Trinajstić information content (AvgIpc) is 3.02. The predicted octanol–water partition coefficient (Wildman–Crippen LogP) is -0.804. The first kappa shape index (κ1) is 16.9. The van der Waals surface area contributed by atoms with E-state index in [9.17, 15) is 24.1 Å². The first-order chi connectivity index (χ1) is 11.4. The molecule has 1 unspecified atom stereocenters. The van der Waals surface area contributed by atoms with Gasteiger partial charge in [0.05, 0.1) is 12.8 Å². The summed E-state index contributed by atoms with van der Waals surface area (Å²) in [5.41, 5.74) is 0.0525. The minimum atomic E-state index is -1.57. The molecule has 1 fully saturated rings. The molecule has 1 aromatic heterocycles. The summed E-state index contributed by atoms with van der Waals surface area (Å²) in [6.07, 6.45) is -5.73. The van der Waals surface area contributed by atoms with Crippen molar-refractivity contribution < 1.29 is 33.9 Å². The van der Waals surface area contributed by atoms with Crippen LogP contribution in [0, 0.1) is 11.6 Å². The third-order valence-electron chi connectivity index (χ3n) is 3.85. The van der Waals surface area contributed by atoms with Crippen molar-refractivity contribution in [2.24, 2.45) is 0 Å². The van der Waals surface area contributed by atoms with Gasteiger partial charge in [0.25, 0.3) is 0 Å². The molecular weight excluding hydrogens is 328 g/mol. The van der Waals surface area contributed by atoms with Crippen LogP contribution in [0.2, 0.25) is 0 Å². The lowest BCUT2D eigenvalue weighted by molar-refractivity contribution is -0.254. The van der Waals surface area contributed by atoms with Crippen LogP contribution in [0.1, 0.15) is 6.23 Å². The van der Waals surface area contributed by atoms with Crippen molar-refractivity contribution in [1.29, 1.82) is 0 Å². The van der Waals surface area contributed by atoms with Crippen molar-refractivity contribution in [3.05, 3.63) is 36.0 Å². The second kappa shape index (κ2) is 6.49. The van der Waals surface area contributed by atoms with Gasteiger partial charge in [0.15, 0.2) is 6.23 Å². The normalized spacial score (nSPS) is 30.5. The highest BCUT2D eigenvalue weighted by atomic mass is 19.1. The molecule has 5 atom stereocenters. The Morgan fingerprint density at radius 3 is 2.54 bits per heavy atom. The fourth-order valence-electron chi connectivity index (χ4n) is 2.52. The summed E-state index contributed by atoms with van der Waals surface area (Å²) in [6, 6.07) is 2.94. The number of hydrogen-bond donors (Lipinski definition) is 4. The number of aromatic nitrogens is 3. The molecule has 2 aromatic rings. The van der Waals surface area contributed by atoms with Crippen molar-refractivity contribution in [2.75, 3.05) is 6.61 Å². The van der Waals surface area contributed by atoms with Crippen molar-refractivity contribution in [3.8, 4) is 11.3 Å². The van der Waals surface area contributed by atoms with Crippen LogP contribution in [0.3, 0.4) is 0 Å². The minimum absolute atomic E-state index is 0.00718. The Hall–Kier alpha value is -1.98. The van der Waals surface area contributed by atoms with Crippen LogP contribution in [0.5, 0.6) is 0 Å². The Morgan fingerprint density at radius 2 is 1.88 bits per heavy atom. The molecule has 0 aliphatic carbocycles. The van der Waals surface area contributed by atoms with Crippen molar-refractivity contribution >= 4 is 0 Å². The number of nitrogens with zero attached hydrogens (tertiary/aromatic N) is 3. The van der Waals surface area contributed by atoms with Gasteiger partial charge in [-0.15, -0.1) is 5.10 Å². The van der Waals surface area contributed by atoms with Crippen LogP contribution in [0.4, 0.5) is 8.78 Å². The number of aliphatic hydroxyl groups excluding tert-OH is 4. The monoisotopic (exact) mass is 343 g/mol. The molecule has 130 valence electrons. The third-order valence-corrected chi connectivity index (χ3v) is 3.85. The van der Waals surface area contributed by atoms with E-state index in [1.165, 1.54) is 12.3 Å². The van der Waals surface area contributed by atoms with E-state index in [-0.39, 0.29) is 11.3 Å². The second-order valence-electron chi connectivity index (χ2n) is 5.43. The zero-order valence-electron chi connectivity index (χ0n) is 12.2. The number of hydrogen-bond acceptors (Lipinski definition) is 7. The molecule has 0 radical (unpaired) electrons. The van der Waals surface area contributed by atoms with Gasteiger partial charge in [0.2, 0.25) is 0 Å². The Bertz CT molecular complexity index is 726. The lowest BCUT2D eigenvalue weighted by Gasteiger charge is -2.39. The molecular formula is C14H15F2N3O5. The maximum absolute atomic E-state index is 13.8. The van der Waals surface area contributed by atoms with Gasteiger partial charge >= 0.3 is 0 Å². The lowest BCUT2D eigenvalue weighted by atomic mass is 9.98. The summed E-state index contributed by atoms with van der Waals surface area (Å²) in [4.78, 5) is 0. The summed E-state index contributed by atoms with van der Waals surface area (Å²) in [5.74, 6) is -1.58. The van der Waals surface area contributed by atoms with E-state index in [4.69, 9.17) is 9.84 Å². The maximum atomic E-state index is 13.8. The third kappa shape index (κ3) is 2.89.